The normalized spacial score (nSPS) is 11.0. The number of fused-ring (bicyclic) bond motifs is 1. The molecule has 6 heteroatoms. The molecular weight excluding hydrogens is 333 g/mol. The minimum Gasteiger partial charge on any atom is -0.505 e. The number of carbonyl (C=O) groups is 1. The first-order chi connectivity index (χ1) is 12.5. The minimum absolute atomic E-state index is 0.412. The van der Waals surface area contributed by atoms with Crippen molar-refractivity contribution < 1.29 is 14.3 Å². The molecule has 0 saturated carbocycles. The molecule has 0 spiro atoms. The molecule has 4 aromatic rings. The van der Waals surface area contributed by atoms with E-state index in [0.717, 1.165) is 16.8 Å². The molecular formula is C20H14FN3O2. The fourth-order valence-corrected chi connectivity index (χ4v) is 2.86. The summed E-state index contributed by atoms with van der Waals surface area (Å²) in [5, 5.41) is 14.5. The summed E-state index contributed by atoms with van der Waals surface area (Å²) in [6.07, 6.45) is 1.55. The third-order valence-corrected chi connectivity index (χ3v) is 4.25. The fraction of sp³-hybridized carbons (Fsp3) is 0. The number of nitrogens with two attached hydrogens (primary N) is 1. The molecule has 1 heterocycles. The van der Waals surface area contributed by atoms with Crippen molar-refractivity contribution in [1.82, 2.24) is 9.78 Å². The van der Waals surface area contributed by atoms with E-state index in [1.165, 1.54) is 12.1 Å². The van der Waals surface area contributed by atoms with Crippen LogP contribution in [0.4, 0.5) is 4.39 Å². The van der Waals surface area contributed by atoms with E-state index < -0.39 is 17.5 Å². The van der Waals surface area contributed by atoms with Crippen LogP contribution < -0.4 is 5.73 Å². The van der Waals surface area contributed by atoms with Crippen molar-refractivity contribution >= 4 is 16.8 Å². The average molecular weight is 347 g/mol. The van der Waals surface area contributed by atoms with Crippen LogP contribution >= 0.6 is 0 Å². The highest BCUT2D eigenvalue weighted by atomic mass is 19.1. The number of nitrogens with zero attached hydrogens (tertiary/aromatic N) is 2. The third kappa shape index (κ3) is 2.67. The van der Waals surface area contributed by atoms with Crippen molar-refractivity contribution in [1.29, 1.82) is 0 Å². The van der Waals surface area contributed by atoms with Crippen LogP contribution in [-0.2, 0) is 0 Å². The molecule has 0 unspecified atom stereocenters. The zero-order valence-electron chi connectivity index (χ0n) is 13.6. The van der Waals surface area contributed by atoms with Crippen LogP contribution in [0, 0.1) is 5.82 Å². The number of benzene rings is 3. The molecule has 0 radical (unpaired) electrons. The van der Waals surface area contributed by atoms with Crippen LogP contribution in [0.3, 0.4) is 0 Å². The van der Waals surface area contributed by atoms with Crippen molar-refractivity contribution in [3.8, 4) is 22.6 Å². The van der Waals surface area contributed by atoms with E-state index in [9.17, 15) is 14.3 Å². The molecule has 0 fully saturated rings. The number of primary amides is 1. The van der Waals surface area contributed by atoms with E-state index >= 15 is 0 Å². The number of aromatic hydroxyl groups is 1. The van der Waals surface area contributed by atoms with E-state index in [4.69, 9.17) is 5.73 Å². The van der Waals surface area contributed by atoms with E-state index in [1.54, 1.807) is 23.0 Å². The van der Waals surface area contributed by atoms with Gasteiger partial charge in [0, 0.05) is 17.0 Å². The molecule has 1 aromatic heterocycles. The van der Waals surface area contributed by atoms with Crippen molar-refractivity contribution in [2.75, 3.05) is 0 Å². The van der Waals surface area contributed by atoms with E-state index in [2.05, 4.69) is 5.10 Å². The highest BCUT2D eigenvalue weighted by molar-refractivity contribution is 5.93. The standard InChI is InChI=1S/C20H14FN3O2/c21-17-9-15-11-23-24(18(15)10-19(17)25)16-7-5-13(6-8-16)12-1-3-14(4-2-12)20(22)26/h1-11,25H,(H2,22,26). The summed E-state index contributed by atoms with van der Waals surface area (Å²) in [6.45, 7) is 0. The number of aromatic nitrogens is 2. The van der Waals surface area contributed by atoms with Crippen molar-refractivity contribution in [3.63, 3.8) is 0 Å². The first-order valence-electron chi connectivity index (χ1n) is 7.90. The van der Waals surface area contributed by atoms with Gasteiger partial charge in [0.1, 0.15) is 0 Å². The zero-order chi connectivity index (χ0) is 18.3. The lowest BCUT2D eigenvalue weighted by Gasteiger charge is -2.07. The molecule has 0 saturated heterocycles. The largest absolute Gasteiger partial charge is 0.505 e. The van der Waals surface area contributed by atoms with Gasteiger partial charge in [-0.1, -0.05) is 24.3 Å². The number of phenolic OH excluding ortho intramolecular Hbond substituents is 1. The summed E-state index contributed by atoms with van der Waals surface area (Å²) < 4.78 is 15.1. The summed E-state index contributed by atoms with van der Waals surface area (Å²) in [5.41, 5.74) is 9.02. The molecule has 3 N–H and O–H groups in total. The summed E-state index contributed by atoms with van der Waals surface area (Å²) in [4.78, 5) is 11.1. The van der Waals surface area contributed by atoms with Crippen LogP contribution in [0.5, 0.6) is 5.75 Å². The van der Waals surface area contributed by atoms with Gasteiger partial charge in [-0.15, -0.1) is 0 Å². The number of hydrogen-bond acceptors (Lipinski definition) is 3. The van der Waals surface area contributed by atoms with Gasteiger partial charge >= 0.3 is 0 Å². The second-order valence-electron chi connectivity index (χ2n) is 5.91. The maximum absolute atomic E-state index is 13.5. The second kappa shape index (κ2) is 6.00. The van der Waals surface area contributed by atoms with Gasteiger partial charge in [0.2, 0.25) is 5.91 Å². The van der Waals surface area contributed by atoms with Crippen LogP contribution in [0.25, 0.3) is 27.7 Å². The summed E-state index contributed by atoms with van der Waals surface area (Å²) >= 11 is 0. The molecule has 26 heavy (non-hydrogen) atoms. The number of carbonyl (C=O) groups excluding carboxylic acids is 1. The van der Waals surface area contributed by atoms with Gasteiger partial charge in [0.25, 0.3) is 0 Å². The van der Waals surface area contributed by atoms with Gasteiger partial charge in [-0.2, -0.15) is 5.10 Å². The van der Waals surface area contributed by atoms with Gasteiger partial charge < -0.3 is 10.8 Å². The Kier molecular flexibility index (Phi) is 3.65. The molecule has 3 aromatic carbocycles. The maximum Gasteiger partial charge on any atom is 0.248 e. The zero-order valence-corrected chi connectivity index (χ0v) is 13.6. The molecule has 0 bridgehead atoms. The van der Waals surface area contributed by atoms with Gasteiger partial charge in [-0.25, -0.2) is 9.07 Å². The molecule has 4 rings (SSSR count). The highest BCUT2D eigenvalue weighted by Crippen LogP contribution is 2.27. The first kappa shape index (κ1) is 15.8. The van der Waals surface area contributed by atoms with E-state index in [-0.39, 0.29) is 0 Å². The minimum atomic E-state index is -0.674. The molecule has 0 aliphatic rings. The fourth-order valence-electron chi connectivity index (χ4n) is 2.86. The summed E-state index contributed by atoms with van der Waals surface area (Å²) in [6, 6.07) is 17.2. The monoisotopic (exact) mass is 347 g/mol. The number of phenols is 1. The molecule has 0 aliphatic carbocycles. The first-order valence-corrected chi connectivity index (χ1v) is 7.90. The van der Waals surface area contributed by atoms with Crippen LogP contribution in [0.2, 0.25) is 0 Å². The van der Waals surface area contributed by atoms with Crippen LogP contribution in [-0.4, -0.2) is 20.8 Å². The highest BCUT2D eigenvalue weighted by Gasteiger charge is 2.10. The summed E-state index contributed by atoms with van der Waals surface area (Å²) in [5.74, 6) is -1.55. The number of rotatable bonds is 3. The van der Waals surface area contributed by atoms with Gasteiger partial charge in [-0.05, 0) is 41.5 Å². The quantitative estimate of drug-likeness (QED) is 0.594. The Morgan fingerprint density at radius 3 is 2.23 bits per heavy atom. The summed E-state index contributed by atoms with van der Waals surface area (Å²) in [7, 11) is 0. The molecule has 1 amide bonds. The van der Waals surface area contributed by atoms with Gasteiger partial charge in [0.15, 0.2) is 11.6 Å². The van der Waals surface area contributed by atoms with Crippen molar-refractivity contribution in [3.05, 3.63) is 78.2 Å². The van der Waals surface area contributed by atoms with E-state index in [0.29, 0.717) is 16.5 Å². The van der Waals surface area contributed by atoms with Gasteiger partial charge in [-0.3, -0.25) is 4.79 Å². The third-order valence-electron chi connectivity index (χ3n) is 4.25. The molecule has 0 atom stereocenters. The predicted octanol–water partition coefficient (Wildman–Crippen LogP) is 3.64. The Balaban J connectivity index is 1.70. The number of amides is 1. The predicted molar refractivity (Wildman–Crippen MR) is 96.6 cm³/mol. The Morgan fingerprint density at radius 1 is 1.00 bits per heavy atom. The smallest absolute Gasteiger partial charge is 0.248 e. The topological polar surface area (TPSA) is 81.1 Å². The lowest BCUT2D eigenvalue weighted by Crippen LogP contribution is -2.10. The van der Waals surface area contributed by atoms with Crippen LogP contribution in [0.1, 0.15) is 10.4 Å². The van der Waals surface area contributed by atoms with Crippen LogP contribution in [0.15, 0.2) is 66.9 Å². The second-order valence-corrected chi connectivity index (χ2v) is 5.91. The Morgan fingerprint density at radius 2 is 1.62 bits per heavy atom. The van der Waals surface area contributed by atoms with E-state index in [1.807, 2.05) is 36.4 Å². The van der Waals surface area contributed by atoms with Gasteiger partial charge in [0.05, 0.1) is 17.4 Å². The van der Waals surface area contributed by atoms with Crippen molar-refractivity contribution in [2.24, 2.45) is 5.73 Å². The lowest BCUT2D eigenvalue weighted by atomic mass is 10.0. The van der Waals surface area contributed by atoms with Crippen molar-refractivity contribution in [2.45, 2.75) is 0 Å². The Bertz CT molecular complexity index is 1120. The average Bonchev–Trinajstić information content (AvgIpc) is 3.05. The Labute approximate surface area is 148 Å². The lowest BCUT2D eigenvalue weighted by molar-refractivity contribution is 0.100. The molecule has 5 nitrogen and oxygen atoms in total. The SMILES string of the molecule is NC(=O)c1ccc(-c2ccc(-n3ncc4cc(F)c(O)cc43)cc2)cc1. The molecule has 0 aliphatic heterocycles. The number of hydrogen-bond donors (Lipinski definition) is 2. The molecule has 128 valence electrons. The number of halogens is 1. The maximum atomic E-state index is 13.5. The Hall–Kier alpha value is -3.67.